The largest absolute Gasteiger partial charge is 0.491 e. The van der Waals surface area contributed by atoms with Crippen molar-refractivity contribution in [1.29, 1.82) is 0 Å². The Morgan fingerprint density at radius 1 is 1.14 bits per heavy atom. The summed E-state index contributed by atoms with van der Waals surface area (Å²) in [4.78, 5) is 39.5. The van der Waals surface area contributed by atoms with Gasteiger partial charge in [-0.3, -0.25) is 14.4 Å². The van der Waals surface area contributed by atoms with Crippen molar-refractivity contribution >= 4 is 17.7 Å². The quantitative estimate of drug-likeness (QED) is 0.539. The molecule has 2 aromatic carbocycles. The minimum Gasteiger partial charge on any atom is -0.491 e. The first kappa shape index (κ1) is 24.1. The molecular weight excluding hydrogens is 462 g/mol. The van der Waals surface area contributed by atoms with Gasteiger partial charge in [-0.05, 0) is 36.8 Å². The van der Waals surface area contributed by atoms with Gasteiger partial charge in [0.25, 0.3) is 11.8 Å². The second kappa shape index (κ2) is 9.46. The van der Waals surface area contributed by atoms with Crippen LogP contribution in [0.1, 0.15) is 51.6 Å². The number of hydrogen-bond donors (Lipinski definition) is 3. The minimum absolute atomic E-state index is 0.0381. The van der Waals surface area contributed by atoms with Crippen LogP contribution >= 0.6 is 0 Å². The van der Waals surface area contributed by atoms with Crippen LogP contribution in [0.5, 0.6) is 11.5 Å². The van der Waals surface area contributed by atoms with Crippen LogP contribution in [0, 0.1) is 11.8 Å². The molecule has 2 aliphatic heterocycles. The van der Waals surface area contributed by atoms with Gasteiger partial charge in [-0.15, -0.1) is 0 Å². The first-order chi connectivity index (χ1) is 17.3. The average molecular weight is 494 g/mol. The summed E-state index contributed by atoms with van der Waals surface area (Å²) in [5.74, 6) is 0.953. The molecule has 2 aromatic rings. The van der Waals surface area contributed by atoms with Crippen molar-refractivity contribution in [2.24, 2.45) is 11.8 Å². The number of ether oxygens (including phenoxy) is 2. The SMILES string of the molecule is CNC(=O)c1cc(C(=O)N[C@H]2[C@@H]3CN(C(C)=O)C[C@@H]32)cc2c1O[C@H](C)[C@H]2c1cccc(OCCO)c1. The summed E-state index contributed by atoms with van der Waals surface area (Å²) in [5, 5.41) is 14.8. The topological polar surface area (TPSA) is 117 Å². The molecular formula is C27H31N3O6. The van der Waals surface area contributed by atoms with E-state index >= 15 is 0 Å². The number of piperidine rings is 1. The number of fused-ring (bicyclic) bond motifs is 2. The van der Waals surface area contributed by atoms with Gasteiger partial charge in [0.1, 0.15) is 24.2 Å². The van der Waals surface area contributed by atoms with Crippen molar-refractivity contribution in [3.05, 3.63) is 58.7 Å². The highest BCUT2D eigenvalue weighted by Crippen LogP contribution is 2.47. The van der Waals surface area contributed by atoms with Crippen LogP contribution in [-0.2, 0) is 4.79 Å². The van der Waals surface area contributed by atoms with Gasteiger partial charge in [0, 0.05) is 62.0 Å². The van der Waals surface area contributed by atoms with Crippen molar-refractivity contribution < 1.29 is 29.0 Å². The fourth-order valence-corrected chi connectivity index (χ4v) is 5.60. The monoisotopic (exact) mass is 493 g/mol. The Morgan fingerprint density at radius 3 is 2.56 bits per heavy atom. The molecule has 9 heteroatoms. The van der Waals surface area contributed by atoms with Gasteiger partial charge in [-0.2, -0.15) is 0 Å². The third-order valence-corrected chi connectivity index (χ3v) is 7.47. The number of carbonyl (C=O) groups excluding carboxylic acids is 3. The molecule has 0 aromatic heterocycles. The molecule has 2 fully saturated rings. The molecule has 1 saturated heterocycles. The van der Waals surface area contributed by atoms with Crippen LogP contribution in [0.3, 0.4) is 0 Å². The van der Waals surface area contributed by atoms with Crippen LogP contribution in [-0.4, -0.2) is 73.2 Å². The molecule has 36 heavy (non-hydrogen) atoms. The maximum atomic E-state index is 13.3. The van der Waals surface area contributed by atoms with E-state index in [-0.39, 0.29) is 60.8 Å². The van der Waals surface area contributed by atoms with Crippen molar-refractivity contribution in [3.63, 3.8) is 0 Å². The number of rotatable bonds is 7. The maximum Gasteiger partial charge on any atom is 0.254 e. The molecule has 0 bridgehead atoms. The Bertz CT molecular complexity index is 1200. The summed E-state index contributed by atoms with van der Waals surface area (Å²) >= 11 is 0. The van der Waals surface area contributed by atoms with E-state index in [2.05, 4.69) is 10.6 Å². The van der Waals surface area contributed by atoms with Crippen molar-refractivity contribution in [3.8, 4) is 11.5 Å². The highest BCUT2D eigenvalue weighted by molar-refractivity contribution is 6.02. The number of nitrogens with zero attached hydrogens (tertiary/aromatic N) is 1. The number of hydrogen-bond acceptors (Lipinski definition) is 6. The second-order valence-electron chi connectivity index (χ2n) is 9.72. The summed E-state index contributed by atoms with van der Waals surface area (Å²) in [6.45, 7) is 4.94. The highest BCUT2D eigenvalue weighted by atomic mass is 16.5. The summed E-state index contributed by atoms with van der Waals surface area (Å²) in [5.41, 5.74) is 2.42. The summed E-state index contributed by atoms with van der Waals surface area (Å²) in [6.07, 6.45) is -0.268. The van der Waals surface area contributed by atoms with E-state index in [0.717, 1.165) is 11.1 Å². The second-order valence-corrected chi connectivity index (χ2v) is 9.72. The Balaban J connectivity index is 1.44. The number of amides is 3. The van der Waals surface area contributed by atoms with E-state index in [0.29, 0.717) is 35.7 Å². The molecule has 3 aliphatic rings. The molecule has 190 valence electrons. The predicted octanol–water partition coefficient (Wildman–Crippen LogP) is 1.54. The zero-order chi connectivity index (χ0) is 25.6. The maximum absolute atomic E-state index is 13.3. The third kappa shape index (κ3) is 4.28. The van der Waals surface area contributed by atoms with Crippen LogP contribution in [0.25, 0.3) is 0 Å². The standard InChI is InChI=1S/C27H31N3O6/c1-14-23(16-5-4-6-18(9-16)35-8-7-31)19-10-17(11-20(25(19)36-14)27(34)28-3)26(33)29-24-21-12-30(15(2)32)13-22(21)24/h4-6,9-11,14,21-24,31H,7-8,12-13H2,1-3H3,(H,28,34)(H,29,33)/t14-,21-,22+,23+,24+/m1/s1. The fraction of sp³-hybridized carbons (Fsp3) is 0.444. The Labute approximate surface area is 209 Å². The van der Waals surface area contributed by atoms with Crippen LogP contribution in [0.4, 0.5) is 0 Å². The van der Waals surface area contributed by atoms with E-state index < -0.39 is 0 Å². The zero-order valence-electron chi connectivity index (χ0n) is 20.6. The van der Waals surface area contributed by atoms with Crippen LogP contribution < -0.4 is 20.1 Å². The smallest absolute Gasteiger partial charge is 0.254 e. The van der Waals surface area contributed by atoms with E-state index in [1.807, 2.05) is 42.2 Å². The van der Waals surface area contributed by atoms with Gasteiger partial charge in [0.2, 0.25) is 5.91 Å². The van der Waals surface area contributed by atoms with Crippen molar-refractivity contribution in [2.45, 2.75) is 31.9 Å². The number of likely N-dealkylation sites (tertiary alicyclic amines) is 1. The van der Waals surface area contributed by atoms with E-state index in [4.69, 9.17) is 14.6 Å². The molecule has 2 heterocycles. The van der Waals surface area contributed by atoms with Crippen molar-refractivity contribution in [2.75, 3.05) is 33.4 Å². The molecule has 0 spiro atoms. The van der Waals surface area contributed by atoms with Gasteiger partial charge in [-0.25, -0.2) is 0 Å². The first-order valence-corrected chi connectivity index (χ1v) is 12.3. The zero-order valence-corrected chi connectivity index (χ0v) is 20.6. The molecule has 1 saturated carbocycles. The van der Waals surface area contributed by atoms with Crippen LogP contribution in [0.2, 0.25) is 0 Å². The Kier molecular flexibility index (Phi) is 6.34. The number of nitrogens with one attached hydrogen (secondary N) is 2. The number of aliphatic hydroxyl groups is 1. The molecule has 1 aliphatic carbocycles. The molecule has 0 unspecified atom stereocenters. The van der Waals surface area contributed by atoms with Gasteiger partial charge >= 0.3 is 0 Å². The highest BCUT2D eigenvalue weighted by Gasteiger charge is 2.57. The predicted molar refractivity (Wildman–Crippen MR) is 131 cm³/mol. The molecule has 5 atom stereocenters. The summed E-state index contributed by atoms with van der Waals surface area (Å²) in [6, 6.07) is 11.0. The number of aliphatic hydroxyl groups excluding tert-OH is 1. The molecule has 5 rings (SSSR count). The normalized spacial score (nSPS) is 25.4. The summed E-state index contributed by atoms with van der Waals surface area (Å²) in [7, 11) is 1.55. The number of carbonyl (C=O) groups is 3. The summed E-state index contributed by atoms with van der Waals surface area (Å²) < 4.78 is 11.7. The van der Waals surface area contributed by atoms with Gasteiger partial charge < -0.3 is 30.1 Å². The molecule has 0 radical (unpaired) electrons. The van der Waals surface area contributed by atoms with E-state index in [1.165, 1.54) is 0 Å². The lowest BCUT2D eigenvalue weighted by Crippen LogP contribution is -2.36. The average Bonchev–Trinajstić information content (AvgIpc) is 3.19. The lowest BCUT2D eigenvalue weighted by Gasteiger charge is -2.19. The van der Waals surface area contributed by atoms with E-state index in [1.54, 1.807) is 20.0 Å². The Hall–Kier alpha value is -3.59. The molecule has 3 N–H and O–H groups in total. The van der Waals surface area contributed by atoms with Crippen LogP contribution in [0.15, 0.2) is 36.4 Å². The first-order valence-electron chi connectivity index (χ1n) is 12.3. The van der Waals surface area contributed by atoms with Gasteiger partial charge in [0.15, 0.2) is 0 Å². The molecule has 9 nitrogen and oxygen atoms in total. The lowest BCUT2D eigenvalue weighted by molar-refractivity contribution is -0.128. The molecule has 3 amide bonds. The van der Waals surface area contributed by atoms with Gasteiger partial charge in [0.05, 0.1) is 12.2 Å². The fourth-order valence-electron chi connectivity index (χ4n) is 5.60. The van der Waals surface area contributed by atoms with E-state index in [9.17, 15) is 14.4 Å². The Morgan fingerprint density at radius 2 is 1.89 bits per heavy atom. The van der Waals surface area contributed by atoms with Gasteiger partial charge in [-0.1, -0.05) is 12.1 Å². The lowest BCUT2D eigenvalue weighted by atomic mass is 9.86. The third-order valence-electron chi connectivity index (χ3n) is 7.47. The van der Waals surface area contributed by atoms with Crippen molar-refractivity contribution in [1.82, 2.24) is 15.5 Å². The number of benzene rings is 2. The minimum atomic E-state index is -0.325.